The first kappa shape index (κ1) is 15.8. The van der Waals surface area contributed by atoms with Gasteiger partial charge in [0.15, 0.2) is 0 Å². The van der Waals surface area contributed by atoms with Gasteiger partial charge in [-0.3, -0.25) is 4.79 Å². The van der Waals surface area contributed by atoms with Crippen LogP contribution >= 0.6 is 0 Å². The number of rotatable bonds is 3. The molecular weight excluding hydrogens is 290 g/mol. The number of hydrogen-bond donors (Lipinski definition) is 2. The van der Waals surface area contributed by atoms with Gasteiger partial charge in [0.2, 0.25) is 5.91 Å². The van der Waals surface area contributed by atoms with Crippen LogP contribution in [0.25, 0.3) is 0 Å². The molecule has 1 aromatic rings. The molecule has 23 heavy (non-hydrogen) atoms. The maximum absolute atomic E-state index is 13.0. The molecule has 1 aliphatic carbocycles. The third-order valence-corrected chi connectivity index (χ3v) is 5.17. The molecule has 1 saturated heterocycles. The summed E-state index contributed by atoms with van der Waals surface area (Å²) in [5.41, 5.74) is 2.59. The van der Waals surface area contributed by atoms with Crippen LogP contribution in [-0.2, 0) is 17.6 Å². The summed E-state index contributed by atoms with van der Waals surface area (Å²) in [6.07, 6.45) is 3.78. The van der Waals surface area contributed by atoms with Gasteiger partial charge in [-0.15, -0.1) is 0 Å². The van der Waals surface area contributed by atoms with Gasteiger partial charge in [-0.1, -0.05) is 24.3 Å². The van der Waals surface area contributed by atoms with Crippen LogP contribution in [0.5, 0.6) is 0 Å². The predicted octanol–water partition coefficient (Wildman–Crippen LogP) is 1.71. The number of benzene rings is 1. The Morgan fingerprint density at radius 1 is 1.22 bits per heavy atom. The molecule has 3 rings (SSSR count). The number of nitrogens with zero attached hydrogens (tertiary/aromatic N) is 1. The minimum absolute atomic E-state index is 0.0661. The van der Waals surface area contributed by atoms with E-state index in [2.05, 4.69) is 29.7 Å². The summed E-state index contributed by atoms with van der Waals surface area (Å²) in [6, 6.07) is 7.83. The highest BCUT2D eigenvalue weighted by Gasteiger charge is 2.38. The highest BCUT2D eigenvalue weighted by Crippen LogP contribution is 2.30. The van der Waals surface area contributed by atoms with E-state index < -0.39 is 6.04 Å². The van der Waals surface area contributed by atoms with E-state index in [0.717, 1.165) is 32.2 Å². The highest BCUT2D eigenvalue weighted by atomic mass is 16.2. The summed E-state index contributed by atoms with van der Waals surface area (Å²) < 4.78 is 0. The van der Waals surface area contributed by atoms with E-state index in [1.165, 1.54) is 11.1 Å². The summed E-state index contributed by atoms with van der Waals surface area (Å²) in [7, 11) is 1.58. The number of urea groups is 1. The van der Waals surface area contributed by atoms with Gasteiger partial charge in [0.25, 0.3) is 0 Å². The zero-order valence-corrected chi connectivity index (χ0v) is 13.8. The predicted molar refractivity (Wildman–Crippen MR) is 89.1 cm³/mol. The second kappa shape index (κ2) is 6.60. The first-order valence-corrected chi connectivity index (χ1v) is 8.45. The summed E-state index contributed by atoms with van der Waals surface area (Å²) in [5.74, 6) is 0.196. The number of fused-ring (bicyclic) bond motifs is 1. The fourth-order valence-corrected chi connectivity index (χ4v) is 3.86. The largest absolute Gasteiger partial charge is 0.341 e. The Kier molecular flexibility index (Phi) is 4.55. The molecule has 0 saturated carbocycles. The minimum atomic E-state index is -0.456. The van der Waals surface area contributed by atoms with Crippen molar-refractivity contribution in [2.45, 2.75) is 44.7 Å². The van der Waals surface area contributed by atoms with Crippen LogP contribution in [0.1, 0.15) is 30.9 Å². The van der Waals surface area contributed by atoms with E-state index >= 15 is 0 Å². The molecule has 0 radical (unpaired) electrons. The normalized spacial score (nSPS) is 21.8. The second-order valence-corrected chi connectivity index (χ2v) is 6.66. The molecule has 2 unspecified atom stereocenters. The Morgan fingerprint density at radius 3 is 2.39 bits per heavy atom. The molecule has 1 aliphatic heterocycles. The van der Waals surface area contributed by atoms with E-state index in [1.54, 1.807) is 7.05 Å². The maximum Gasteiger partial charge on any atom is 0.315 e. The van der Waals surface area contributed by atoms with Crippen molar-refractivity contribution in [1.82, 2.24) is 15.5 Å². The number of carbonyl (C=O) groups excluding carboxylic acids is 2. The molecule has 124 valence electrons. The number of amides is 3. The van der Waals surface area contributed by atoms with E-state index in [0.29, 0.717) is 0 Å². The van der Waals surface area contributed by atoms with E-state index in [9.17, 15) is 9.59 Å². The molecule has 1 aromatic carbocycles. The molecule has 0 aromatic heterocycles. The van der Waals surface area contributed by atoms with Crippen molar-refractivity contribution in [3.05, 3.63) is 35.4 Å². The topological polar surface area (TPSA) is 61.4 Å². The molecule has 5 nitrogen and oxygen atoms in total. The maximum atomic E-state index is 13.0. The lowest BCUT2D eigenvalue weighted by atomic mass is 9.95. The molecule has 2 atom stereocenters. The van der Waals surface area contributed by atoms with Crippen molar-refractivity contribution in [1.29, 1.82) is 0 Å². The Hall–Kier alpha value is -2.04. The van der Waals surface area contributed by atoms with Gasteiger partial charge in [-0.2, -0.15) is 0 Å². The van der Waals surface area contributed by atoms with Crippen molar-refractivity contribution in [2.24, 2.45) is 5.92 Å². The third kappa shape index (κ3) is 3.19. The van der Waals surface area contributed by atoms with Gasteiger partial charge in [0.1, 0.15) is 6.04 Å². The fourth-order valence-electron chi connectivity index (χ4n) is 3.86. The quantitative estimate of drug-likeness (QED) is 0.892. The Bertz CT molecular complexity index is 577. The minimum Gasteiger partial charge on any atom is -0.341 e. The van der Waals surface area contributed by atoms with Gasteiger partial charge < -0.3 is 15.5 Å². The van der Waals surface area contributed by atoms with Gasteiger partial charge in [0.05, 0.1) is 0 Å². The number of likely N-dealkylation sites (tertiary alicyclic amines) is 1. The fraction of sp³-hybridized carbons (Fsp3) is 0.556. The van der Waals surface area contributed by atoms with Crippen LogP contribution in [0.15, 0.2) is 24.3 Å². The van der Waals surface area contributed by atoms with Crippen molar-refractivity contribution in [3.63, 3.8) is 0 Å². The standard InChI is InChI=1S/C18H25N3O2/c1-12-6-5-9-21(12)17(22)16(20-18(23)19-2)15-10-13-7-3-4-8-14(13)11-15/h3-4,7-8,12,15-16H,5-6,9-11H2,1-2H3,(H2,19,20,23). The average Bonchev–Trinajstić information content (AvgIpc) is 3.17. The van der Waals surface area contributed by atoms with Crippen molar-refractivity contribution < 1.29 is 9.59 Å². The SMILES string of the molecule is CNC(=O)NC(C(=O)N1CCCC1C)C1Cc2ccccc2C1. The van der Waals surface area contributed by atoms with E-state index in [4.69, 9.17) is 0 Å². The highest BCUT2D eigenvalue weighted by molar-refractivity contribution is 5.87. The zero-order chi connectivity index (χ0) is 16.4. The van der Waals surface area contributed by atoms with E-state index in [-0.39, 0.29) is 23.9 Å². The lowest BCUT2D eigenvalue weighted by Gasteiger charge is -2.30. The van der Waals surface area contributed by atoms with Crippen LogP contribution in [0, 0.1) is 5.92 Å². The molecule has 0 spiro atoms. The first-order valence-electron chi connectivity index (χ1n) is 8.45. The second-order valence-electron chi connectivity index (χ2n) is 6.66. The van der Waals surface area contributed by atoms with Gasteiger partial charge in [0, 0.05) is 19.6 Å². The Balaban J connectivity index is 1.79. The Labute approximate surface area is 137 Å². The van der Waals surface area contributed by atoms with Gasteiger partial charge in [-0.05, 0) is 49.7 Å². The summed E-state index contributed by atoms with van der Waals surface area (Å²) in [6.45, 7) is 2.89. The van der Waals surface area contributed by atoms with Crippen LogP contribution in [0.3, 0.4) is 0 Å². The van der Waals surface area contributed by atoms with Crippen LogP contribution in [-0.4, -0.2) is 42.5 Å². The van der Waals surface area contributed by atoms with Crippen molar-refractivity contribution in [3.8, 4) is 0 Å². The molecule has 1 heterocycles. The average molecular weight is 315 g/mol. The summed E-state index contributed by atoms with van der Waals surface area (Å²) >= 11 is 0. The lowest BCUT2D eigenvalue weighted by molar-refractivity contribution is -0.135. The monoisotopic (exact) mass is 315 g/mol. The first-order chi connectivity index (χ1) is 11.1. The lowest BCUT2D eigenvalue weighted by Crippen LogP contribution is -2.55. The molecule has 0 bridgehead atoms. The molecular formula is C18H25N3O2. The van der Waals surface area contributed by atoms with Gasteiger partial charge >= 0.3 is 6.03 Å². The molecule has 5 heteroatoms. The number of hydrogen-bond acceptors (Lipinski definition) is 2. The van der Waals surface area contributed by atoms with Crippen LogP contribution < -0.4 is 10.6 Å². The zero-order valence-electron chi connectivity index (χ0n) is 13.8. The summed E-state index contributed by atoms with van der Waals surface area (Å²) in [4.78, 5) is 26.8. The Morgan fingerprint density at radius 2 is 1.87 bits per heavy atom. The van der Waals surface area contributed by atoms with Gasteiger partial charge in [-0.25, -0.2) is 4.79 Å². The van der Waals surface area contributed by atoms with Crippen LogP contribution in [0.2, 0.25) is 0 Å². The van der Waals surface area contributed by atoms with Crippen molar-refractivity contribution >= 4 is 11.9 Å². The molecule has 1 fully saturated rings. The number of carbonyl (C=O) groups is 2. The number of nitrogens with one attached hydrogen (secondary N) is 2. The van der Waals surface area contributed by atoms with Crippen LogP contribution in [0.4, 0.5) is 4.79 Å². The smallest absolute Gasteiger partial charge is 0.315 e. The molecule has 2 N–H and O–H groups in total. The third-order valence-electron chi connectivity index (χ3n) is 5.17. The van der Waals surface area contributed by atoms with E-state index in [1.807, 2.05) is 17.0 Å². The van der Waals surface area contributed by atoms with Crippen molar-refractivity contribution in [2.75, 3.05) is 13.6 Å². The molecule has 3 amide bonds. The molecule has 2 aliphatic rings. The summed E-state index contributed by atoms with van der Waals surface area (Å²) in [5, 5.41) is 5.48.